The SMILES string of the molecule is Cc1cc(C)cc(C(=O)N2CC[C@H](CN)C2)c1. The van der Waals surface area contributed by atoms with Gasteiger partial charge in [-0.2, -0.15) is 0 Å². The molecular formula is C14H20N2O. The van der Waals surface area contributed by atoms with Crippen molar-refractivity contribution < 1.29 is 4.79 Å². The van der Waals surface area contributed by atoms with Crippen molar-refractivity contribution in [3.8, 4) is 0 Å². The minimum atomic E-state index is 0.146. The summed E-state index contributed by atoms with van der Waals surface area (Å²) in [6.45, 7) is 6.37. The average molecular weight is 232 g/mol. The first-order valence-electron chi connectivity index (χ1n) is 6.18. The van der Waals surface area contributed by atoms with Crippen molar-refractivity contribution >= 4 is 5.91 Å². The second-order valence-electron chi connectivity index (χ2n) is 5.02. The molecule has 92 valence electrons. The fourth-order valence-corrected chi connectivity index (χ4v) is 2.49. The first kappa shape index (κ1) is 12.1. The second kappa shape index (κ2) is 4.88. The van der Waals surface area contributed by atoms with Crippen LogP contribution in [0.1, 0.15) is 27.9 Å². The van der Waals surface area contributed by atoms with Crippen molar-refractivity contribution in [3.05, 3.63) is 34.9 Å². The van der Waals surface area contributed by atoms with E-state index in [1.54, 1.807) is 0 Å². The molecule has 0 aromatic heterocycles. The summed E-state index contributed by atoms with van der Waals surface area (Å²) in [7, 11) is 0. The van der Waals surface area contributed by atoms with E-state index in [-0.39, 0.29) is 5.91 Å². The molecule has 1 amide bonds. The Balaban J connectivity index is 2.14. The monoisotopic (exact) mass is 232 g/mol. The van der Waals surface area contributed by atoms with Crippen LogP contribution in [-0.4, -0.2) is 30.4 Å². The number of benzene rings is 1. The van der Waals surface area contributed by atoms with E-state index in [0.717, 1.165) is 36.2 Å². The summed E-state index contributed by atoms with van der Waals surface area (Å²) in [6.07, 6.45) is 1.03. The first-order chi connectivity index (χ1) is 8.10. The van der Waals surface area contributed by atoms with E-state index in [1.807, 2.05) is 30.9 Å². The molecule has 1 aromatic rings. The molecule has 3 nitrogen and oxygen atoms in total. The number of likely N-dealkylation sites (tertiary alicyclic amines) is 1. The quantitative estimate of drug-likeness (QED) is 0.844. The van der Waals surface area contributed by atoms with Gasteiger partial charge in [0, 0.05) is 18.7 Å². The Kier molecular flexibility index (Phi) is 3.48. The van der Waals surface area contributed by atoms with E-state index in [4.69, 9.17) is 5.73 Å². The van der Waals surface area contributed by atoms with Gasteiger partial charge in [-0.05, 0) is 44.9 Å². The molecule has 0 aliphatic carbocycles. The third-order valence-electron chi connectivity index (χ3n) is 3.38. The third kappa shape index (κ3) is 2.67. The van der Waals surface area contributed by atoms with Gasteiger partial charge >= 0.3 is 0 Å². The van der Waals surface area contributed by atoms with E-state index >= 15 is 0 Å². The zero-order valence-electron chi connectivity index (χ0n) is 10.6. The second-order valence-corrected chi connectivity index (χ2v) is 5.02. The zero-order chi connectivity index (χ0) is 12.4. The van der Waals surface area contributed by atoms with Crippen molar-refractivity contribution in [2.45, 2.75) is 20.3 Å². The summed E-state index contributed by atoms with van der Waals surface area (Å²) in [4.78, 5) is 14.2. The molecule has 1 aromatic carbocycles. The lowest BCUT2D eigenvalue weighted by atomic mass is 10.1. The number of carbonyl (C=O) groups excluding carboxylic acids is 1. The minimum Gasteiger partial charge on any atom is -0.338 e. The van der Waals surface area contributed by atoms with Gasteiger partial charge in [-0.15, -0.1) is 0 Å². The van der Waals surface area contributed by atoms with Crippen molar-refractivity contribution in [2.24, 2.45) is 11.7 Å². The number of carbonyl (C=O) groups is 1. The van der Waals surface area contributed by atoms with Gasteiger partial charge in [0.05, 0.1) is 0 Å². The highest BCUT2D eigenvalue weighted by atomic mass is 16.2. The molecule has 2 rings (SSSR count). The van der Waals surface area contributed by atoms with Gasteiger partial charge in [-0.25, -0.2) is 0 Å². The van der Waals surface area contributed by atoms with E-state index in [2.05, 4.69) is 6.07 Å². The maximum atomic E-state index is 12.3. The fraction of sp³-hybridized carbons (Fsp3) is 0.500. The Bertz CT molecular complexity index is 408. The number of aryl methyl sites for hydroxylation is 2. The van der Waals surface area contributed by atoms with Gasteiger partial charge in [-0.1, -0.05) is 17.2 Å². The number of amides is 1. The Morgan fingerprint density at radius 1 is 1.35 bits per heavy atom. The Labute approximate surface area is 103 Å². The molecule has 2 N–H and O–H groups in total. The van der Waals surface area contributed by atoms with Crippen LogP contribution in [0.15, 0.2) is 18.2 Å². The number of rotatable bonds is 2. The molecule has 1 saturated heterocycles. The lowest BCUT2D eigenvalue weighted by molar-refractivity contribution is 0.0787. The number of hydrogen-bond donors (Lipinski definition) is 1. The van der Waals surface area contributed by atoms with Gasteiger partial charge in [0.25, 0.3) is 5.91 Å². The van der Waals surface area contributed by atoms with E-state index in [1.165, 1.54) is 0 Å². The highest BCUT2D eigenvalue weighted by Crippen LogP contribution is 2.19. The molecule has 0 saturated carbocycles. The number of hydrogen-bond acceptors (Lipinski definition) is 2. The van der Waals surface area contributed by atoms with Crippen LogP contribution >= 0.6 is 0 Å². The maximum absolute atomic E-state index is 12.3. The molecule has 0 bridgehead atoms. The van der Waals surface area contributed by atoms with Gasteiger partial charge in [0.1, 0.15) is 0 Å². The molecule has 1 heterocycles. The van der Waals surface area contributed by atoms with Crippen LogP contribution < -0.4 is 5.73 Å². The van der Waals surface area contributed by atoms with Crippen LogP contribution in [0.3, 0.4) is 0 Å². The molecule has 17 heavy (non-hydrogen) atoms. The first-order valence-corrected chi connectivity index (χ1v) is 6.18. The summed E-state index contributed by atoms with van der Waals surface area (Å²) >= 11 is 0. The smallest absolute Gasteiger partial charge is 0.253 e. The molecule has 1 aliphatic heterocycles. The van der Waals surface area contributed by atoms with Gasteiger partial charge in [0.15, 0.2) is 0 Å². The topological polar surface area (TPSA) is 46.3 Å². The standard InChI is InChI=1S/C14H20N2O/c1-10-5-11(2)7-13(6-10)14(17)16-4-3-12(8-15)9-16/h5-7,12H,3-4,8-9,15H2,1-2H3/t12-/m1/s1. The Morgan fingerprint density at radius 3 is 2.53 bits per heavy atom. The Hall–Kier alpha value is -1.35. The third-order valence-corrected chi connectivity index (χ3v) is 3.38. The van der Waals surface area contributed by atoms with Crippen LogP contribution in [0.25, 0.3) is 0 Å². The summed E-state index contributed by atoms with van der Waals surface area (Å²) in [6, 6.07) is 6.01. The molecule has 1 aliphatic rings. The summed E-state index contributed by atoms with van der Waals surface area (Å²) in [5.74, 6) is 0.623. The van der Waals surface area contributed by atoms with Crippen LogP contribution in [0, 0.1) is 19.8 Å². The van der Waals surface area contributed by atoms with Crippen LogP contribution in [0.2, 0.25) is 0 Å². The van der Waals surface area contributed by atoms with Gasteiger partial charge < -0.3 is 10.6 Å². The lowest BCUT2D eigenvalue weighted by Gasteiger charge is -2.17. The largest absolute Gasteiger partial charge is 0.338 e. The van der Waals surface area contributed by atoms with Crippen LogP contribution in [-0.2, 0) is 0 Å². The van der Waals surface area contributed by atoms with Crippen LogP contribution in [0.5, 0.6) is 0 Å². The molecule has 1 atom stereocenters. The molecular weight excluding hydrogens is 212 g/mol. The van der Waals surface area contributed by atoms with Gasteiger partial charge in [-0.3, -0.25) is 4.79 Å². The van der Waals surface area contributed by atoms with Crippen LogP contribution in [0.4, 0.5) is 0 Å². The average Bonchev–Trinajstić information content (AvgIpc) is 2.75. The number of nitrogens with two attached hydrogens (primary N) is 1. The van der Waals surface area contributed by atoms with Crippen molar-refractivity contribution in [2.75, 3.05) is 19.6 Å². The Morgan fingerprint density at radius 2 is 2.00 bits per heavy atom. The van der Waals surface area contributed by atoms with Gasteiger partial charge in [0.2, 0.25) is 0 Å². The highest BCUT2D eigenvalue weighted by Gasteiger charge is 2.25. The summed E-state index contributed by atoms with van der Waals surface area (Å²) in [5, 5.41) is 0. The van der Waals surface area contributed by atoms with E-state index in [0.29, 0.717) is 12.5 Å². The summed E-state index contributed by atoms with van der Waals surface area (Å²) in [5.41, 5.74) is 8.73. The molecule has 0 spiro atoms. The fourth-order valence-electron chi connectivity index (χ4n) is 2.49. The highest BCUT2D eigenvalue weighted by molar-refractivity contribution is 5.94. The predicted molar refractivity (Wildman–Crippen MR) is 69.0 cm³/mol. The maximum Gasteiger partial charge on any atom is 0.253 e. The predicted octanol–water partition coefficient (Wildman–Crippen LogP) is 1.72. The lowest BCUT2D eigenvalue weighted by Crippen LogP contribution is -2.29. The summed E-state index contributed by atoms with van der Waals surface area (Å²) < 4.78 is 0. The molecule has 0 radical (unpaired) electrons. The van der Waals surface area contributed by atoms with E-state index < -0.39 is 0 Å². The normalized spacial score (nSPS) is 19.7. The number of nitrogens with zero attached hydrogens (tertiary/aromatic N) is 1. The molecule has 3 heteroatoms. The zero-order valence-corrected chi connectivity index (χ0v) is 10.6. The van der Waals surface area contributed by atoms with Crippen molar-refractivity contribution in [3.63, 3.8) is 0 Å². The minimum absolute atomic E-state index is 0.146. The van der Waals surface area contributed by atoms with Crippen molar-refractivity contribution in [1.29, 1.82) is 0 Å². The molecule has 0 unspecified atom stereocenters. The van der Waals surface area contributed by atoms with E-state index in [9.17, 15) is 4.79 Å². The molecule has 1 fully saturated rings. The van der Waals surface area contributed by atoms with Crippen molar-refractivity contribution in [1.82, 2.24) is 4.90 Å².